The maximum Gasteiger partial charge on any atom is 0.0783 e. The van der Waals surface area contributed by atoms with Gasteiger partial charge in [-0.1, -0.05) is 91.0 Å². The number of benzene rings is 7. The zero-order chi connectivity index (χ0) is 29.9. The molecule has 3 aromatic heterocycles. The van der Waals surface area contributed by atoms with Gasteiger partial charge in [-0.05, 0) is 60.7 Å². The largest absolute Gasteiger partial charge is 0.309 e. The molecule has 4 heterocycles. The lowest BCUT2D eigenvalue weighted by molar-refractivity contribution is 1.12. The predicted molar refractivity (Wildman–Crippen MR) is 196 cm³/mol. The highest BCUT2D eigenvalue weighted by atomic mass is 32.1. The van der Waals surface area contributed by atoms with E-state index in [1.807, 2.05) is 11.3 Å². The fraction of sp³-hybridized carbons (Fsp3) is 0. The van der Waals surface area contributed by atoms with Gasteiger partial charge < -0.3 is 14.0 Å². The minimum atomic E-state index is 1.18. The van der Waals surface area contributed by atoms with Crippen LogP contribution in [0.5, 0.6) is 0 Å². The van der Waals surface area contributed by atoms with E-state index in [1.54, 1.807) is 0 Å². The zero-order valence-electron chi connectivity index (χ0n) is 24.7. The second kappa shape index (κ2) is 8.87. The first kappa shape index (κ1) is 24.5. The van der Waals surface area contributed by atoms with Crippen LogP contribution in [0.2, 0.25) is 0 Å². The third-order valence-electron chi connectivity index (χ3n) is 9.80. The van der Waals surface area contributed by atoms with E-state index in [0.29, 0.717) is 0 Å². The Kier molecular flexibility index (Phi) is 4.72. The molecular weight excluding hydrogens is 579 g/mol. The minimum absolute atomic E-state index is 1.18. The van der Waals surface area contributed by atoms with Crippen LogP contribution in [0.25, 0.3) is 75.2 Å². The molecule has 214 valence electrons. The topological polar surface area (TPSA) is 13.1 Å². The fourth-order valence-corrected chi connectivity index (χ4v) is 9.14. The van der Waals surface area contributed by atoms with Crippen LogP contribution in [0.4, 0.5) is 17.1 Å². The van der Waals surface area contributed by atoms with E-state index in [0.717, 1.165) is 0 Å². The fourth-order valence-electron chi connectivity index (χ4n) is 7.93. The van der Waals surface area contributed by atoms with Gasteiger partial charge in [0.1, 0.15) is 0 Å². The Hall–Kier alpha value is -5.84. The summed E-state index contributed by atoms with van der Waals surface area (Å²) in [6, 6.07) is 55.6. The minimum Gasteiger partial charge on any atom is -0.309 e. The summed E-state index contributed by atoms with van der Waals surface area (Å²) in [6.07, 6.45) is 0. The Labute approximate surface area is 268 Å². The second-order valence-corrected chi connectivity index (χ2v) is 13.2. The number of rotatable bonds is 2. The predicted octanol–water partition coefficient (Wildman–Crippen LogP) is 12.0. The molecule has 0 radical (unpaired) electrons. The molecule has 0 bridgehead atoms. The molecular formula is C42H25N3S. The first-order valence-corrected chi connectivity index (χ1v) is 16.5. The molecule has 1 aliphatic rings. The second-order valence-electron chi connectivity index (χ2n) is 12.2. The molecule has 3 nitrogen and oxygen atoms in total. The van der Waals surface area contributed by atoms with Gasteiger partial charge in [0.2, 0.25) is 0 Å². The van der Waals surface area contributed by atoms with Crippen molar-refractivity contribution in [1.29, 1.82) is 0 Å². The van der Waals surface area contributed by atoms with Crippen LogP contribution in [-0.4, -0.2) is 9.13 Å². The maximum absolute atomic E-state index is 2.50. The van der Waals surface area contributed by atoms with Crippen molar-refractivity contribution in [1.82, 2.24) is 9.13 Å². The molecule has 0 amide bonds. The molecule has 0 spiro atoms. The van der Waals surface area contributed by atoms with Gasteiger partial charge in [0.15, 0.2) is 0 Å². The molecule has 46 heavy (non-hydrogen) atoms. The van der Waals surface area contributed by atoms with E-state index in [9.17, 15) is 0 Å². The van der Waals surface area contributed by atoms with Gasteiger partial charge in [0.05, 0.1) is 49.5 Å². The molecule has 0 saturated carbocycles. The van der Waals surface area contributed by atoms with Crippen molar-refractivity contribution in [2.24, 2.45) is 0 Å². The molecule has 11 rings (SSSR count). The average molecular weight is 604 g/mol. The van der Waals surface area contributed by atoms with Crippen molar-refractivity contribution in [3.05, 3.63) is 152 Å². The van der Waals surface area contributed by atoms with Crippen LogP contribution in [0.3, 0.4) is 0 Å². The van der Waals surface area contributed by atoms with Crippen molar-refractivity contribution in [2.45, 2.75) is 0 Å². The van der Waals surface area contributed by atoms with E-state index in [1.165, 1.54) is 92.2 Å². The summed E-state index contributed by atoms with van der Waals surface area (Å²) in [5, 5.41) is 7.69. The first-order chi connectivity index (χ1) is 22.8. The number of anilines is 3. The van der Waals surface area contributed by atoms with Gasteiger partial charge in [-0.15, -0.1) is 11.3 Å². The molecule has 4 heteroatoms. The molecule has 0 atom stereocenters. The van der Waals surface area contributed by atoms with Crippen molar-refractivity contribution in [2.75, 3.05) is 4.90 Å². The van der Waals surface area contributed by atoms with E-state index in [4.69, 9.17) is 0 Å². The Morgan fingerprint density at radius 3 is 1.85 bits per heavy atom. The molecule has 0 unspecified atom stereocenters. The zero-order valence-corrected chi connectivity index (χ0v) is 25.5. The monoisotopic (exact) mass is 603 g/mol. The Bertz CT molecular complexity index is 2870. The van der Waals surface area contributed by atoms with E-state index in [-0.39, 0.29) is 0 Å². The lowest BCUT2D eigenvalue weighted by atomic mass is 10.1. The van der Waals surface area contributed by atoms with Crippen molar-refractivity contribution < 1.29 is 0 Å². The Balaban J connectivity index is 1.28. The maximum atomic E-state index is 2.50. The van der Waals surface area contributed by atoms with Crippen LogP contribution in [-0.2, 0) is 0 Å². The summed E-state index contributed by atoms with van der Waals surface area (Å²) in [5.74, 6) is 0. The van der Waals surface area contributed by atoms with Crippen LogP contribution in [0.15, 0.2) is 152 Å². The van der Waals surface area contributed by atoms with E-state index < -0.39 is 0 Å². The standard InChI is InChI=1S/C42H25N3S/c1-2-12-26(13-3-1)43-33-18-6-4-14-27(33)31-24-39-32(25-38(31)43)29-16-10-21-36-41(29)45(39)35-20-8-7-19-34(35)44(36)37-22-11-17-30-28-15-5-9-23-40(28)46-42(30)37/h1-25H. The third kappa shape index (κ3) is 3.06. The Morgan fingerprint density at radius 2 is 0.978 bits per heavy atom. The first-order valence-electron chi connectivity index (χ1n) is 15.7. The molecule has 0 N–H and O–H groups in total. The molecule has 0 fully saturated rings. The number of thiophene rings is 1. The average Bonchev–Trinajstić information content (AvgIpc) is 3.77. The van der Waals surface area contributed by atoms with Gasteiger partial charge in [-0.25, -0.2) is 0 Å². The summed E-state index contributed by atoms with van der Waals surface area (Å²) in [7, 11) is 0. The Morgan fingerprint density at radius 1 is 0.370 bits per heavy atom. The number of para-hydroxylation sites is 5. The number of hydrogen-bond acceptors (Lipinski definition) is 2. The molecule has 10 aromatic rings. The SMILES string of the molecule is c1ccc(-n2c3ccccc3c3cc4c(cc32)c2cccc3c2n4-c2ccccc2N3c2cccc3c2sc2ccccc23)cc1. The van der Waals surface area contributed by atoms with Gasteiger partial charge in [-0.2, -0.15) is 0 Å². The normalized spacial score (nSPS) is 12.7. The summed E-state index contributed by atoms with van der Waals surface area (Å²) in [4.78, 5) is 2.49. The smallest absolute Gasteiger partial charge is 0.0783 e. The van der Waals surface area contributed by atoms with Gasteiger partial charge in [0, 0.05) is 42.7 Å². The van der Waals surface area contributed by atoms with Crippen molar-refractivity contribution >= 4 is 92.2 Å². The number of hydrogen-bond donors (Lipinski definition) is 0. The number of aromatic nitrogens is 2. The molecule has 7 aromatic carbocycles. The van der Waals surface area contributed by atoms with Crippen LogP contribution in [0, 0.1) is 0 Å². The summed E-state index contributed by atoms with van der Waals surface area (Å²) in [5.41, 5.74) is 10.9. The number of fused-ring (bicyclic) bond motifs is 11. The van der Waals surface area contributed by atoms with Gasteiger partial charge >= 0.3 is 0 Å². The van der Waals surface area contributed by atoms with Crippen LogP contribution < -0.4 is 4.90 Å². The third-order valence-corrected chi connectivity index (χ3v) is 11.0. The molecule has 0 saturated heterocycles. The quantitative estimate of drug-likeness (QED) is 0.192. The molecule has 1 aliphatic heterocycles. The van der Waals surface area contributed by atoms with Gasteiger partial charge in [0.25, 0.3) is 0 Å². The summed E-state index contributed by atoms with van der Waals surface area (Å²) in [6.45, 7) is 0. The van der Waals surface area contributed by atoms with E-state index in [2.05, 4.69) is 166 Å². The van der Waals surface area contributed by atoms with E-state index >= 15 is 0 Å². The van der Waals surface area contributed by atoms with Crippen molar-refractivity contribution in [3.63, 3.8) is 0 Å². The molecule has 0 aliphatic carbocycles. The van der Waals surface area contributed by atoms with Gasteiger partial charge in [-0.3, -0.25) is 0 Å². The van der Waals surface area contributed by atoms with Crippen LogP contribution >= 0.6 is 11.3 Å². The van der Waals surface area contributed by atoms with Crippen LogP contribution in [0.1, 0.15) is 0 Å². The highest BCUT2D eigenvalue weighted by molar-refractivity contribution is 7.26. The summed E-state index contributed by atoms with van der Waals surface area (Å²) < 4.78 is 7.55. The van der Waals surface area contributed by atoms with Crippen molar-refractivity contribution in [3.8, 4) is 11.4 Å². The lowest BCUT2D eigenvalue weighted by Gasteiger charge is -2.33. The number of nitrogens with zero attached hydrogens (tertiary/aromatic N) is 3. The summed E-state index contributed by atoms with van der Waals surface area (Å²) >= 11 is 1.88. The highest BCUT2D eigenvalue weighted by Crippen LogP contribution is 2.53. The lowest BCUT2D eigenvalue weighted by Crippen LogP contribution is -2.18. The highest BCUT2D eigenvalue weighted by Gasteiger charge is 2.30.